The number of hydrogen-bond acceptors (Lipinski definition) is 6. The average Bonchev–Trinajstić information content (AvgIpc) is 2.56. The van der Waals surface area contributed by atoms with Crippen LogP contribution in [0, 0.1) is 16.0 Å². The molecule has 1 aromatic heterocycles. The molecule has 1 N–H and O–H groups in total. The van der Waals surface area contributed by atoms with Gasteiger partial charge in [0.25, 0.3) is 0 Å². The Morgan fingerprint density at radius 1 is 1.33 bits per heavy atom. The lowest BCUT2D eigenvalue weighted by Gasteiger charge is -2.31. The first-order chi connectivity index (χ1) is 11.5. The van der Waals surface area contributed by atoms with Crippen molar-refractivity contribution in [2.75, 3.05) is 23.3 Å². The summed E-state index contributed by atoms with van der Waals surface area (Å²) in [7, 11) is 0. The number of aromatic nitrogens is 2. The third kappa shape index (κ3) is 3.56. The van der Waals surface area contributed by atoms with Crippen molar-refractivity contribution in [3.63, 3.8) is 0 Å². The smallest absolute Gasteiger partial charge is 0.350 e. The van der Waals surface area contributed by atoms with E-state index in [9.17, 15) is 10.1 Å². The van der Waals surface area contributed by atoms with Gasteiger partial charge in [-0.25, -0.2) is 9.97 Å². The van der Waals surface area contributed by atoms with Crippen molar-refractivity contribution < 1.29 is 4.92 Å². The van der Waals surface area contributed by atoms with Crippen molar-refractivity contribution in [2.45, 2.75) is 19.8 Å². The van der Waals surface area contributed by atoms with E-state index in [2.05, 4.69) is 22.2 Å². The molecule has 126 valence electrons. The van der Waals surface area contributed by atoms with E-state index in [-0.39, 0.29) is 11.5 Å². The number of nitro groups is 1. The van der Waals surface area contributed by atoms with Gasteiger partial charge in [0.15, 0.2) is 0 Å². The minimum Gasteiger partial charge on any atom is -0.350 e. The molecule has 0 bridgehead atoms. The van der Waals surface area contributed by atoms with Gasteiger partial charge in [-0.3, -0.25) is 10.1 Å². The molecule has 2 aromatic rings. The molecular weight excluding hydrogens is 330 g/mol. The SMILES string of the molecule is CC1CCCN(c2ncnc(Nc3ccc(Cl)cc3)c2[N+](=O)[O-])C1. The highest BCUT2D eigenvalue weighted by Gasteiger charge is 2.29. The number of piperidine rings is 1. The van der Waals surface area contributed by atoms with Crippen molar-refractivity contribution in [3.8, 4) is 0 Å². The summed E-state index contributed by atoms with van der Waals surface area (Å²) in [5.41, 5.74) is 0.584. The van der Waals surface area contributed by atoms with Crippen LogP contribution < -0.4 is 10.2 Å². The van der Waals surface area contributed by atoms with E-state index >= 15 is 0 Å². The van der Waals surface area contributed by atoms with Gasteiger partial charge < -0.3 is 10.2 Å². The van der Waals surface area contributed by atoms with Crippen LogP contribution in [0.15, 0.2) is 30.6 Å². The first-order valence-corrected chi connectivity index (χ1v) is 8.19. The second-order valence-corrected chi connectivity index (χ2v) is 6.41. The summed E-state index contributed by atoms with van der Waals surface area (Å²) in [5, 5.41) is 15.2. The van der Waals surface area contributed by atoms with Gasteiger partial charge in [0.1, 0.15) is 6.33 Å². The van der Waals surface area contributed by atoms with Gasteiger partial charge in [0.2, 0.25) is 11.6 Å². The van der Waals surface area contributed by atoms with Gasteiger partial charge in [-0.1, -0.05) is 18.5 Å². The van der Waals surface area contributed by atoms with E-state index in [1.54, 1.807) is 24.3 Å². The number of halogens is 1. The van der Waals surface area contributed by atoms with Crippen molar-refractivity contribution >= 4 is 34.6 Å². The zero-order valence-electron chi connectivity index (χ0n) is 13.3. The van der Waals surface area contributed by atoms with Gasteiger partial charge >= 0.3 is 5.69 Å². The minimum atomic E-state index is -0.424. The lowest BCUT2D eigenvalue weighted by molar-refractivity contribution is -0.383. The van der Waals surface area contributed by atoms with Crippen LogP contribution in [0.25, 0.3) is 0 Å². The summed E-state index contributed by atoms with van der Waals surface area (Å²) in [6.45, 7) is 3.67. The zero-order valence-corrected chi connectivity index (χ0v) is 14.0. The molecule has 1 unspecified atom stereocenters. The molecule has 1 saturated heterocycles. The Labute approximate surface area is 144 Å². The summed E-state index contributed by atoms with van der Waals surface area (Å²) < 4.78 is 0. The molecule has 0 radical (unpaired) electrons. The van der Waals surface area contributed by atoms with Crippen LogP contribution in [0.3, 0.4) is 0 Å². The Balaban J connectivity index is 1.95. The maximum Gasteiger partial charge on any atom is 0.353 e. The number of nitrogens with zero attached hydrogens (tertiary/aromatic N) is 4. The van der Waals surface area contributed by atoms with Crippen LogP contribution in [0.2, 0.25) is 5.02 Å². The first kappa shape index (κ1) is 16.4. The maximum atomic E-state index is 11.6. The highest BCUT2D eigenvalue weighted by Crippen LogP contribution is 2.35. The molecule has 1 aliphatic heterocycles. The molecule has 1 aromatic carbocycles. The van der Waals surface area contributed by atoms with Crippen LogP contribution in [0.5, 0.6) is 0 Å². The van der Waals surface area contributed by atoms with Crippen LogP contribution in [0.4, 0.5) is 23.0 Å². The van der Waals surface area contributed by atoms with E-state index in [1.807, 2.05) is 4.90 Å². The summed E-state index contributed by atoms with van der Waals surface area (Å²) in [6.07, 6.45) is 3.49. The van der Waals surface area contributed by atoms with E-state index in [0.29, 0.717) is 22.4 Å². The quantitative estimate of drug-likeness (QED) is 0.664. The van der Waals surface area contributed by atoms with Crippen LogP contribution >= 0.6 is 11.6 Å². The van der Waals surface area contributed by atoms with Crippen molar-refractivity contribution in [1.29, 1.82) is 0 Å². The molecule has 0 saturated carbocycles. The Hall–Kier alpha value is -2.41. The van der Waals surface area contributed by atoms with E-state index in [0.717, 1.165) is 25.9 Å². The highest BCUT2D eigenvalue weighted by molar-refractivity contribution is 6.30. The van der Waals surface area contributed by atoms with E-state index in [4.69, 9.17) is 11.6 Å². The van der Waals surface area contributed by atoms with Crippen molar-refractivity contribution in [3.05, 3.63) is 45.7 Å². The van der Waals surface area contributed by atoms with Crippen LogP contribution in [-0.2, 0) is 0 Å². The van der Waals surface area contributed by atoms with Crippen LogP contribution in [-0.4, -0.2) is 28.0 Å². The van der Waals surface area contributed by atoms with Gasteiger partial charge in [-0.2, -0.15) is 0 Å². The number of benzene rings is 1. The molecule has 8 heteroatoms. The van der Waals surface area contributed by atoms with Crippen LogP contribution in [0.1, 0.15) is 19.8 Å². The average molecular weight is 348 g/mol. The molecule has 2 heterocycles. The molecule has 1 aliphatic rings. The van der Waals surface area contributed by atoms with Crippen molar-refractivity contribution in [1.82, 2.24) is 9.97 Å². The number of rotatable bonds is 4. The fraction of sp³-hybridized carbons (Fsp3) is 0.375. The minimum absolute atomic E-state index is 0.0958. The van der Waals surface area contributed by atoms with Gasteiger partial charge in [-0.05, 0) is 43.0 Å². The van der Waals surface area contributed by atoms with E-state index < -0.39 is 4.92 Å². The fourth-order valence-electron chi connectivity index (χ4n) is 2.91. The summed E-state index contributed by atoms with van der Waals surface area (Å²) in [6, 6.07) is 6.92. The molecule has 24 heavy (non-hydrogen) atoms. The second-order valence-electron chi connectivity index (χ2n) is 5.98. The Morgan fingerprint density at radius 2 is 2.08 bits per heavy atom. The number of hydrogen-bond donors (Lipinski definition) is 1. The predicted molar refractivity (Wildman–Crippen MR) is 94.0 cm³/mol. The first-order valence-electron chi connectivity index (χ1n) is 7.81. The number of anilines is 3. The van der Waals surface area contributed by atoms with Crippen molar-refractivity contribution in [2.24, 2.45) is 5.92 Å². The summed E-state index contributed by atoms with van der Waals surface area (Å²) >= 11 is 5.87. The fourth-order valence-corrected chi connectivity index (χ4v) is 3.04. The molecule has 3 rings (SSSR count). The molecule has 0 aliphatic carbocycles. The van der Waals surface area contributed by atoms with Gasteiger partial charge in [0.05, 0.1) is 4.92 Å². The lowest BCUT2D eigenvalue weighted by Crippen LogP contribution is -2.35. The Morgan fingerprint density at radius 3 is 2.75 bits per heavy atom. The number of nitrogens with one attached hydrogen (secondary N) is 1. The zero-order chi connectivity index (χ0) is 17.1. The molecule has 7 nitrogen and oxygen atoms in total. The lowest BCUT2D eigenvalue weighted by atomic mass is 10.0. The molecule has 1 fully saturated rings. The standard InChI is InChI=1S/C16H18ClN5O2/c1-11-3-2-8-21(9-11)16-14(22(23)24)15(18-10-19-16)20-13-6-4-12(17)5-7-13/h4-7,10-11H,2-3,8-9H2,1H3,(H,18,19,20). The predicted octanol–water partition coefficient (Wildman–Crippen LogP) is 4.02. The highest BCUT2D eigenvalue weighted by atomic mass is 35.5. The maximum absolute atomic E-state index is 11.6. The molecule has 0 spiro atoms. The molecule has 1 atom stereocenters. The normalized spacial score (nSPS) is 17.6. The van der Waals surface area contributed by atoms with Gasteiger partial charge in [0, 0.05) is 23.8 Å². The third-order valence-corrected chi connectivity index (χ3v) is 4.30. The topological polar surface area (TPSA) is 84.2 Å². The Bertz CT molecular complexity index is 738. The molecule has 0 amide bonds. The summed E-state index contributed by atoms with van der Waals surface area (Å²) in [5.74, 6) is 1.05. The Kier molecular flexibility index (Phi) is 4.80. The second kappa shape index (κ2) is 7.00. The summed E-state index contributed by atoms with van der Waals surface area (Å²) in [4.78, 5) is 21.5. The largest absolute Gasteiger partial charge is 0.353 e. The van der Waals surface area contributed by atoms with Gasteiger partial charge in [-0.15, -0.1) is 0 Å². The molecular formula is C16H18ClN5O2. The monoisotopic (exact) mass is 347 g/mol. The van der Waals surface area contributed by atoms with E-state index in [1.165, 1.54) is 6.33 Å². The third-order valence-electron chi connectivity index (χ3n) is 4.05.